The fourth-order valence-corrected chi connectivity index (χ4v) is 5.58. The highest BCUT2D eigenvalue weighted by molar-refractivity contribution is 6.34. The van der Waals surface area contributed by atoms with Gasteiger partial charge in [0.1, 0.15) is 6.04 Å². The second-order valence-electron chi connectivity index (χ2n) is 9.66. The fourth-order valence-electron chi connectivity index (χ4n) is 5.37. The Bertz CT molecular complexity index is 1160. The molecule has 0 bridgehead atoms. The molecule has 37 heavy (non-hydrogen) atoms. The number of Topliss-reactive ketones (excluding diaryl/α,β-unsaturated/α-hetero) is 1. The van der Waals surface area contributed by atoms with Gasteiger partial charge in [-0.25, -0.2) is 10.4 Å². The highest BCUT2D eigenvalue weighted by Gasteiger charge is 2.42. The summed E-state index contributed by atoms with van der Waals surface area (Å²) in [4.78, 5) is 36.8. The second kappa shape index (κ2) is 12.1. The Labute approximate surface area is 220 Å². The first-order chi connectivity index (χ1) is 17.8. The minimum Gasteiger partial charge on any atom is -0.480 e. The van der Waals surface area contributed by atoms with Crippen molar-refractivity contribution in [1.29, 1.82) is 0 Å². The monoisotopic (exact) mass is 529 g/mol. The number of carbonyl (C=O) groups excluding carboxylic acids is 1. The number of carboxylic acids is 1. The number of hydrogen-bond donors (Lipinski definition) is 4. The topological polar surface area (TPSA) is 151 Å². The van der Waals surface area contributed by atoms with Gasteiger partial charge in [0.25, 0.3) is 5.69 Å². The van der Waals surface area contributed by atoms with Crippen molar-refractivity contribution in [2.24, 2.45) is 5.73 Å². The molecule has 1 fully saturated rings. The summed E-state index contributed by atoms with van der Waals surface area (Å²) < 4.78 is 0. The average Bonchev–Trinajstić information content (AvgIpc) is 2.90. The minimum absolute atomic E-state index is 0.0225. The molecule has 4 rings (SSSR count). The maximum atomic E-state index is 14.1. The van der Waals surface area contributed by atoms with Crippen molar-refractivity contribution in [3.8, 4) is 0 Å². The van der Waals surface area contributed by atoms with E-state index >= 15 is 0 Å². The molecule has 0 radical (unpaired) electrons. The second-order valence-corrected chi connectivity index (χ2v) is 10.1. The van der Waals surface area contributed by atoms with Crippen molar-refractivity contribution < 1.29 is 19.6 Å². The molecule has 1 saturated carbocycles. The smallest absolute Gasteiger partial charge is 0.323 e. The van der Waals surface area contributed by atoms with E-state index in [-0.39, 0.29) is 35.3 Å². The van der Waals surface area contributed by atoms with Crippen LogP contribution in [-0.2, 0) is 11.3 Å². The number of hydrazine groups is 1. The van der Waals surface area contributed by atoms with Crippen LogP contribution in [0.3, 0.4) is 0 Å². The van der Waals surface area contributed by atoms with Crippen molar-refractivity contribution in [3.63, 3.8) is 0 Å². The van der Waals surface area contributed by atoms with Crippen LogP contribution < -0.4 is 16.5 Å². The largest absolute Gasteiger partial charge is 0.480 e. The van der Waals surface area contributed by atoms with E-state index in [0.29, 0.717) is 12.6 Å². The summed E-state index contributed by atoms with van der Waals surface area (Å²) in [5.74, 6) is -1.93. The summed E-state index contributed by atoms with van der Waals surface area (Å²) in [7, 11) is 0. The van der Waals surface area contributed by atoms with Gasteiger partial charge in [-0.05, 0) is 30.0 Å². The molecule has 198 valence electrons. The zero-order valence-corrected chi connectivity index (χ0v) is 21.2. The maximum absolute atomic E-state index is 14.1. The summed E-state index contributed by atoms with van der Waals surface area (Å²) in [6, 6.07) is 9.87. The summed E-state index contributed by atoms with van der Waals surface area (Å²) >= 11 is 6.38. The van der Waals surface area contributed by atoms with Crippen LogP contribution in [0.25, 0.3) is 0 Å². The Balaban J connectivity index is 1.76. The molecule has 1 aliphatic carbocycles. The van der Waals surface area contributed by atoms with Gasteiger partial charge in [-0.1, -0.05) is 55.1 Å². The van der Waals surface area contributed by atoms with Crippen LogP contribution in [0.1, 0.15) is 59.5 Å². The van der Waals surface area contributed by atoms with Gasteiger partial charge in [-0.3, -0.25) is 19.7 Å². The lowest BCUT2D eigenvalue weighted by atomic mass is 9.80. The summed E-state index contributed by atoms with van der Waals surface area (Å²) in [5.41, 5.74) is 10.4. The van der Waals surface area contributed by atoms with Gasteiger partial charge in [0.15, 0.2) is 5.78 Å². The number of hydrogen-bond acceptors (Lipinski definition) is 8. The molecule has 3 atom stereocenters. The lowest BCUT2D eigenvalue weighted by Crippen LogP contribution is -2.61. The zero-order valence-electron chi connectivity index (χ0n) is 20.4. The lowest BCUT2D eigenvalue weighted by molar-refractivity contribution is -0.384. The van der Waals surface area contributed by atoms with Crippen molar-refractivity contribution in [3.05, 3.63) is 74.3 Å². The van der Waals surface area contributed by atoms with Gasteiger partial charge < -0.3 is 16.2 Å². The van der Waals surface area contributed by atoms with E-state index in [1.165, 1.54) is 24.6 Å². The highest BCUT2D eigenvalue weighted by Crippen LogP contribution is 2.36. The Kier molecular flexibility index (Phi) is 8.88. The first-order valence-corrected chi connectivity index (χ1v) is 12.9. The van der Waals surface area contributed by atoms with Crippen molar-refractivity contribution in [1.82, 2.24) is 15.8 Å². The molecule has 5 N–H and O–H groups in total. The summed E-state index contributed by atoms with van der Waals surface area (Å²) in [5, 5.41) is 26.4. The van der Waals surface area contributed by atoms with Crippen molar-refractivity contribution >= 4 is 29.0 Å². The lowest BCUT2D eigenvalue weighted by Gasteiger charge is -2.43. The number of nitrogens with zero attached hydrogens (tertiary/aromatic N) is 2. The van der Waals surface area contributed by atoms with Crippen LogP contribution in [-0.4, -0.2) is 58.0 Å². The number of benzene rings is 2. The number of nitro benzene ring substituents is 1. The van der Waals surface area contributed by atoms with Crippen LogP contribution in [0.4, 0.5) is 5.69 Å². The van der Waals surface area contributed by atoms with Gasteiger partial charge in [0, 0.05) is 49.3 Å². The van der Waals surface area contributed by atoms with Crippen molar-refractivity contribution in [2.75, 3.05) is 13.1 Å². The molecule has 1 aliphatic heterocycles. The Morgan fingerprint density at radius 2 is 1.92 bits per heavy atom. The Morgan fingerprint density at radius 3 is 2.59 bits per heavy atom. The van der Waals surface area contributed by atoms with E-state index in [1.807, 2.05) is 24.3 Å². The molecular weight excluding hydrogens is 498 g/mol. The van der Waals surface area contributed by atoms with E-state index < -0.39 is 28.8 Å². The number of rotatable bonds is 10. The standard InChI is InChI=1S/C26H32ClN5O5/c27-22-11-10-18(32(36)37)12-20(22)25(33)24-21(14-29-17-7-2-1-3-8-17)19-9-5-4-6-16(19)15-31(24)30-23(13-28)26(34)35/h4-6,9-12,17,21,23-24,29-30H,1-3,7-8,13-15,28H2,(H,34,35). The number of halogens is 1. The zero-order chi connectivity index (χ0) is 26.5. The molecule has 0 spiro atoms. The number of carboxylic acid groups (broad SMARTS) is 1. The number of non-ortho nitro benzene ring substituents is 1. The van der Waals surface area contributed by atoms with E-state index in [2.05, 4.69) is 10.7 Å². The van der Waals surface area contributed by atoms with E-state index in [9.17, 15) is 24.8 Å². The molecule has 11 heteroatoms. The molecule has 2 aromatic rings. The SMILES string of the molecule is NCC(NN1Cc2ccccc2C(CNC2CCCCC2)C1C(=O)c1cc([N+](=O)[O-])ccc1Cl)C(=O)O. The van der Waals surface area contributed by atoms with Crippen LogP contribution in [0.2, 0.25) is 5.02 Å². The summed E-state index contributed by atoms with van der Waals surface area (Å²) in [6.45, 7) is 0.545. The summed E-state index contributed by atoms with van der Waals surface area (Å²) in [6.07, 6.45) is 5.62. The van der Waals surface area contributed by atoms with Gasteiger partial charge in [-0.2, -0.15) is 0 Å². The molecule has 0 amide bonds. The van der Waals surface area contributed by atoms with Gasteiger partial charge >= 0.3 is 5.97 Å². The third-order valence-corrected chi connectivity index (χ3v) is 7.62. The maximum Gasteiger partial charge on any atom is 0.323 e. The molecular formula is C26H32ClN5O5. The molecule has 3 unspecified atom stereocenters. The van der Waals surface area contributed by atoms with Gasteiger partial charge in [0.05, 0.1) is 16.0 Å². The Morgan fingerprint density at radius 1 is 1.19 bits per heavy atom. The van der Waals surface area contributed by atoms with E-state index in [4.69, 9.17) is 17.3 Å². The van der Waals surface area contributed by atoms with Crippen LogP contribution in [0.15, 0.2) is 42.5 Å². The third-order valence-electron chi connectivity index (χ3n) is 7.29. The average molecular weight is 530 g/mol. The quantitative estimate of drug-likeness (QED) is 0.206. The molecule has 1 heterocycles. The fraction of sp³-hybridized carbons (Fsp3) is 0.462. The normalized spacial score (nSPS) is 21.2. The number of nitrogens with two attached hydrogens (primary N) is 1. The van der Waals surface area contributed by atoms with Crippen molar-refractivity contribution in [2.45, 2.75) is 62.7 Å². The number of fused-ring (bicyclic) bond motifs is 1. The molecule has 10 nitrogen and oxygen atoms in total. The Hall–Kier alpha value is -2.89. The first-order valence-electron chi connectivity index (χ1n) is 12.5. The van der Waals surface area contributed by atoms with Crippen LogP contribution in [0, 0.1) is 10.1 Å². The highest BCUT2D eigenvalue weighted by atomic mass is 35.5. The van der Waals surface area contributed by atoms with E-state index in [1.54, 1.807) is 5.01 Å². The molecule has 0 aromatic heterocycles. The molecule has 2 aliphatic rings. The molecule has 2 aromatic carbocycles. The molecule has 0 saturated heterocycles. The number of aliphatic carboxylic acids is 1. The predicted molar refractivity (Wildman–Crippen MR) is 139 cm³/mol. The first kappa shape index (κ1) is 27.2. The van der Waals surface area contributed by atoms with E-state index in [0.717, 1.165) is 36.8 Å². The van der Waals surface area contributed by atoms with Crippen LogP contribution >= 0.6 is 11.6 Å². The van der Waals surface area contributed by atoms with Gasteiger partial charge in [-0.15, -0.1) is 0 Å². The number of ketones is 1. The van der Waals surface area contributed by atoms with Gasteiger partial charge in [0.2, 0.25) is 0 Å². The predicted octanol–water partition coefficient (Wildman–Crippen LogP) is 3.24. The number of nitrogens with one attached hydrogen (secondary N) is 2. The number of nitro groups is 1. The minimum atomic E-state index is -1.14. The number of carbonyl (C=O) groups is 2. The van der Waals surface area contributed by atoms with Crippen LogP contribution in [0.5, 0.6) is 0 Å². The third kappa shape index (κ3) is 6.16.